The lowest BCUT2D eigenvalue weighted by molar-refractivity contribution is -0.887. The van der Waals surface area contributed by atoms with E-state index in [-0.39, 0.29) is 36.2 Å². The van der Waals surface area contributed by atoms with Gasteiger partial charge in [0.05, 0.1) is 34.4 Å². The van der Waals surface area contributed by atoms with Gasteiger partial charge in [0, 0.05) is 19.3 Å². The second-order valence-electron chi connectivity index (χ2n) is 15.6. The minimum absolute atomic E-state index is 0.0437. The summed E-state index contributed by atoms with van der Waals surface area (Å²) in [5.74, 6) is -1.46. The highest BCUT2D eigenvalue weighted by Crippen LogP contribution is 2.16. The van der Waals surface area contributed by atoms with E-state index < -0.39 is 18.1 Å². The van der Waals surface area contributed by atoms with Crippen LogP contribution in [0, 0.1) is 0 Å². The first-order chi connectivity index (χ1) is 24.1. The summed E-state index contributed by atoms with van der Waals surface area (Å²) in [4.78, 5) is 36.7. The third-order valence-electron chi connectivity index (χ3n) is 9.76. The van der Waals surface area contributed by atoms with E-state index >= 15 is 0 Å². The fourth-order valence-corrected chi connectivity index (χ4v) is 6.45. The number of quaternary nitrogens is 1. The summed E-state index contributed by atoms with van der Waals surface area (Å²) in [5, 5.41) is 9.58. The highest BCUT2D eigenvalue weighted by molar-refractivity contribution is 5.72. The van der Waals surface area contributed by atoms with Gasteiger partial charge in [-0.05, 0) is 12.8 Å². The van der Waals surface area contributed by atoms with Crippen molar-refractivity contribution in [3.05, 3.63) is 0 Å². The quantitative estimate of drug-likeness (QED) is 0.0386. The zero-order chi connectivity index (χ0) is 37.1. The van der Waals surface area contributed by atoms with Gasteiger partial charge in [0.1, 0.15) is 6.61 Å². The van der Waals surface area contributed by atoms with Crippen molar-refractivity contribution < 1.29 is 38.2 Å². The number of esters is 2. The largest absolute Gasteiger partial charge is 0.477 e. The molecule has 8 heteroatoms. The molecule has 1 N–H and O–H groups in total. The molecule has 0 aromatic heterocycles. The van der Waals surface area contributed by atoms with Crippen LogP contribution in [0.4, 0.5) is 0 Å². The van der Waals surface area contributed by atoms with Gasteiger partial charge in [0.2, 0.25) is 0 Å². The fourth-order valence-electron chi connectivity index (χ4n) is 6.45. The molecular weight excluding hydrogens is 630 g/mol. The number of carbonyl (C=O) groups is 3. The number of rotatable bonds is 38. The van der Waals surface area contributed by atoms with Gasteiger partial charge in [0.25, 0.3) is 0 Å². The van der Waals surface area contributed by atoms with E-state index in [1.165, 1.54) is 128 Å². The number of carboxylic acid groups (broad SMARTS) is 1. The molecule has 0 aliphatic rings. The second-order valence-corrected chi connectivity index (χ2v) is 15.6. The normalized spacial score (nSPS) is 12.9. The summed E-state index contributed by atoms with van der Waals surface area (Å²) in [7, 11) is 5.53. The van der Waals surface area contributed by atoms with Crippen molar-refractivity contribution in [2.45, 2.75) is 212 Å². The summed E-state index contributed by atoms with van der Waals surface area (Å²) in [6.07, 6.45) is 33.0. The predicted octanol–water partition coefficient (Wildman–Crippen LogP) is 11.0. The van der Waals surface area contributed by atoms with Crippen molar-refractivity contribution in [2.24, 2.45) is 0 Å². The van der Waals surface area contributed by atoms with Gasteiger partial charge in [0.15, 0.2) is 12.1 Å². The molecule has 0 spiro atoms. The van der Waals surface area contributed by atoms with E-state index in [1.807, 2.05) is 21.1 Å². The van der Waals surface area contributed by atoms with Crippen LogP contribution in [0.5, 0.6) is 0 Å². The summed E-state index contributed by atoms with van der Waals surface area (Å²) >= 11 is 0. The van der Waals surface area contributed by atoms with Gasteiger partial charge < -0.3 is 23.8 Å². The first kappa shape index (κ1) is 48.3. The lowest BCUT2D eigenvalue weighted by Gasteiger charge is -2.31. The molecule has 8 nitrogen and oxygen atoms in total. The lowest BCUT2D eigenvalue weighted by Crippen LogP contribution is -2.50. The molecule has 0 aromatic carbocycles. The molecule has 0 rings (SSSR count). The van der Waals surface area contributed by atoms with Gasteiger partial charge in [-0.15, -0.1) is 0 Å². The molecule has 0 aliphatic heterocycles. The van der Waals surface area contributed by atoms with E-state index in [0.29, 0.717) is 19.3 Å². The molecule has 296 valence electrons. The molecule has 2 unspecified atom stereocenters. The highest BCUT2D eigenvalue weighted by atomic mass is 16.6. The standard InChI is InChI=1S/C42H81NO7/c1-6-8-10-12-14-15-16-17-18-19-20-21-22-23-24-25-27-29-31-33-41(45)50-38(36-48-35-34-39(42(46)47)43(3,4)5)37-49-40(44)32-30-28-26-13-11-9-7-2/h38-39H,6-37H2,1-5H3/p+1. The smallest absolute Gasteiger partial charge is 0.362 e. The molecular formula is C42H82NO7+. The molecule has 0 amide bonds. The average molecular weight is 713 g/mol. The molecule has 0 radical (unpaired) electrons. The third-order valence-corrected chi connectivity index (χ3v) is 9.76. The van der Waals surface area contributed by atoms with Gasteiger partial charge in [-0.25, -0.2) is 4.79 Å². The van der Waals surface area contributed by atoms with Crippen LogP contribution in [0.1, 0.15) is 200 Å². The van der Waals surface area contributed by atoms with Crippen LogP contribution in [-0.4, -0.2) is 80.6 Å². The Labute approximate surface area is 308 Å². The van der Waals surface area contributed by atoms with E-state index in [9.17, 15) is 19.5 Å². The maximum absolute atomic E-state index is 12.7. The van der Waals surface area contributed by atoms with E-state index in [0.717, 1.165) is 38.5 Å². The number of carbonyl (C=O) groups excluding carboxylic acids is 2. The van der Waals surface area contributed by atoms with Crippen molar-refractivity contribution >= 4 is 17.9 Å². The van der Waals surface area contributed by atoms with Gasteiger partial charge in [-0.1, -0.05) is 168 Å². The Kier molecular flexibility index (Phi) is 33.3. The zero-order valence-corrected chi connectivity index (χ0v) is 33.6. The van der Waals surface area contributed by atoms with E-state index in [1.54, 1.807) is 0 Å². The van der Waals surface area contributed by atoms with Crippen LogP contribution in [0.3, 0.4) is 0 Å². The number of aliphatic carboxylic acids is 1. The summed E-state index contributed by atoms with van der Waals surface area (Å²) in [5.41, 5.74) is 0. The number of hydrogen-bond donors (Lipinski definition) is 1. The fraction of sp³-hybridized carbons (Fsp3) is 0.929. The van der Waals surface area contributed by atoms with Gasteiger partial charge in [-0.3, -0.25) is 9.59 Å². The summed E-state index contributed by atoms with van der Waals surface area (Å²) in [6, 6.07) is -0.606. The predicted molar refractivity (Wildman–Crippen MR) is 206 cm³/mol. The Morgan fingerprint density at radius 1 is 0.520 bits per heavy atom. The minimum Gasteiger partial charge on any atom is -0.477 e. The van der Waals surface area contributed by atoms with Crippen LogP contribution in [0.15, 0.2) is 0 Å². The lowest BCUT2D eigenvalue weighted by atomic mass is 10.0. The molecule has 0 saturated heterocycles. The molecule has 0 bridgehead atoms. The Morgan fingerprint density at radius 3 is 1.24 bits per heavy atom. The molecule has 0 heterocycles. The van der Waals surface area contributed by atoms with Crippen LogP contribution in [0.2, 0.25) is 0 Å². The molecule has 50 heavy (non-hydrogen) atoms. The van der Waals surface area contributed by atoms with Crippen LogP contribution in [0.25, 0.3) is 0 Å². The van der Waals surface area contributed by atoms with Crippen molar-refractivity contribution in [3.8, 4) is 0 Å². The minimum atomic E-state index is -0.872. The molecule has 0 aliphatic carbocycles. The number of hydrogen-bond acceptors (Lipinski definition) is 6. The number of ether oxygens (including phenoxy) is 3. The van der Waals surface area contributed by atoms with Crippen molar-refractivity contribution in [1.29, 1.82) is 0 Å². The highest BCUT2D eigenvalue weighted by Gasteiger charge is 2.31. The first-order valence-corrected chi connectivity index (χ1v) is 21.1. The topological polar surface area (TPSA) is 99.1 Å². The molecule has 0 fully saturated rings. The maximum Gasteiger partial charge on any atom is 0.362 e. The first-order valence-electron chi connectivity index (χ1n) is 21.1. The zero-order valence-electron chi connectivity index (χ0n) is 33.6. The Morgan fingerprint density at radius 2 is 0.880 bits per heavy atom. The summed E-state index contributed by atoms with van der Waals surface area (Å²) in [6.45, 7) is 4.72. The SMILES string of the molecule is CCCCCCCCCCCCCCCCCCCCCC(=O)OC(COCCC(C(=O)O)[N+](C)(C)C)COC(=O)CCCCCCCCC. The maximum atomic E-state index is 12.7. The van der Waals surface area contributed by atoms with Crippen molar-refractivity contribution in [1.82, 2.24) is 0 Å². The van der Waals surface area contributed by atoms with E-state index in [2.05, 4.69) is 13.8 Å². The molecule has 0 aromatic rings. The van der Waals surface area contributed by atoms with Crippen molar-refractivity contribution in [3.63, 3.8) is 0 Å². The monoisotopic (exact) mass is 713 g/mol. The summed E-state index contributed by atoms with van der Waals surface area (Å²) < 4.78 is 17.2. The average Bonchev–Trinajstić information content (AvgIpc) is 3.06. The second kappa shape index (κ2) is 34.4. The third kappa shape index (κ3) is 32.3. The molecule has 0 saturated carbocycles. The Balaban J connectivity index is 4.19. The van der Waals surface area contributed by atoms with Crippen LogP contribution >= 0.6 is 0 Å². The van der Waals surface area contributed by atoms with Gasteiger partial charge >= 0.3 is 17.9 Å². The number of unbranched alkanes of at least 4 members (excludes halogenated alkanes) is 24. The molecule has 2 atom stereocenters. The Bertz CT molecular complexity index is 797. The van der Waals surface area contributed by atoms with Gasteiger partial charge in [-0.2, -0.15) is 0 Å². The van der Waals surface area contributed by atoms with Crippen molar-refractivity contribution in [2.75, 3.05) is 41.0 Å². The van der Waals surface area contributed by atoms with Crippen LogP contribution < -0.4 is 0 Å². The van der Waals surface area contributed by atoms with E-state index in [4.69, 9.17) is 14.2 Å². The number of likely N-dealkylation sites (N-methyl/N-ethyl adjacent to an activating group) is 1. The number of carboxylic acids is 1. The number of nitrogens with zero attached hydrogens (tertiary/aromatic N) is 1. The Hall–Kier alpha value is -1.67. The van der Waals surface area contributed by atoms with Crippen LogP contribution in [-0.2, 0) is 28.6 Å².